The van der Waals surface area contributed by atoms with Gasteiger partial charge in [-0.2, -0.15) is 0 Å². The van der Waals surface area contributed by atoms with E-state index in [1.54, 1.807) is 6.92 Å². The molecule has 0 aliphatic carbocycles. The summed E-state index contributed by atoms with van der Waals surface area (Å²) in [6.45, 7) is 1.76. The highest BCUT2D eigenvalue weighted by Gasteiger charge is 2.20. The summed E-state index contributed by atoms with van der Waals surface area (Å²) < 4.78 is 11.0. The Morgan fingerprint density at radius 2 is 2.08 bits per heavy atom. The zero-order valence-corrected chi connectivity index (χ0v) is 8.60. The van der Waals surface area contributed by atoms with Gasteiger partial charge < -0.3 is 11.1 Å². The van der Waals surface area contributed by atoms with Gasteiger partial charge in [-0.25, -0.2) is 0 Å². The fourth-order valence-corrected chi connectivity index (χ4v) is 2.70. The van der Waals surface area contributed by atoms with Crippen LogP contribution in [0.1, 0.15) is 19.8 Å². The SMILES string of the molecule is CC(NC1CCS(=O)CC1)C(N)=O. The highest BCUT2D eigenvalue weighted by atomic mass is 32.2. The monoisotopic (exact) mass is 204 g/mol. The van der Waals surface area contributed by atoms with Crippen molar-refractivity contribution in [3.8, 4) is 0 Å². The molecule has 76 valence electrons. The van der Waals surface area contributed by atoms with Crippen molar-refractivity contribution in [3.05, 3.63) is 0 Å². The summed E-state index contributed by atoms with van der Waals surface area (Å²) in [5.41, 5.74) is 5.12. The number of carbonyl (C=O) groups excluding carboxylic acids is 1. The zero-order chi connectivity index (χ0) is 9.84. The van der Waals surface area contributed by atoms with Crippen LogP contribution in [0.25, 0.3) is 0 Å². The average Bonchev–Trinajstić information content (AvgIpc) is 2.08. The first-order valence-electron chi connectivity index (χ1n) is 4.50. The van der Waals surface area contributed by atoms with E-state index in [0.29, 0.717) is 6.04 Å². The Balaban J connectivity index is 2.30. The molecule has 1 fully saturated rings. The van der Waals surface area contributed by atoms with Crippen LogP contribution in [-0.2, 0) is 15.6 Å². The number of carbonyl (C=O) groups is 1. The molecule has 0 saturated carbocycles. The Morgan fingerprint density at radius 1 is 1.54 bits per heavy atom. The molecule has 4 nitrogen and oxygen atoms in total. The van der Waals surface area contributed by atoms with Crippen LogP contribution >= 0.6 is 0 Å². The van der Waals surface area contributed by atoms with Crippen LogP contribution in [0.3, 0.4) is 0 Å². The lowest BCUT2D eigenvalue weighted by molar-refractivity contribution is -0.119. The number of rotatable bonds is 3. The summed E-state index contributed by atoms with van der Waals surface area (Å²) >= 11 is 0. The quantitative estimate of drug-likeness (QED) is 0.642. The molecular formula is C8H16N2O2S. The number of nitrogens with one attached hydrogen (secondary N) is 1. The van der Waals surface area contributed by atoms with Gasteiger partial charge in [0.15, 0.2) is 0 Å². The summed E-state index contributed by atoms with van der Waals surface area (Å²) in [6.07, 6.45) is 1.76. The topological polar surface area (TPSA) is 72.2 Å². The number of nitrogens with two attached hydrogens (primary N) is 1. The van der Waals surface area contributed by atoms with Gasteiger partial charge >= 0.3 is 0 Å². The number of hydrogen-bond donors (Lipinski definition) is 2. The van der Waals surface area contributed by atoms with Crippen LogP contribution in [0.15, 0.2) is 0 Å². The van der Waals surface area contributed by atoms with Crippen molar-refractivity contribution in [1.29, 1.82) is 0 Å². The van der Waals surface area contributed by atoms with Gasteiger partial charge in [-0.3, -0.25) is 9.00 Å². The minimum atomic E-state index is -0.643. The lowest BCUT2D eigenvalue weighted by Crippen LogP contribution is -2.46. The Kier molecular flexibility index (Phi) is 3.87. The molecule has 3 N–H and O–H groups in total. The van der Waals surface area contributed by atoms with Gasteiger partial charge in [0, 0.05) is 28.3 Å². The molecule has 5 heteroatoms. The largest absolute Gasteiger partial charge is 0.368 e. The lowest BCUT2D eigenvalue weighted by Gasteiger charge is -2.24. The number of primary amides is 1. The molecule has 0 bridgehead atoms. The molecule has 1 atom stereocenters. The zero-order valence-electron chi connectivity index (χ0n) is 7.79. The van der Waals surface area contributed by atoms with Crippen molar-refractivity contribution in [2.75, 3.05) is 11.5 Å². The molecule has 0 aromatic rings. The smallest absolute Gasteiger partial charge is 0.234 e. The van der Waals surface area contributed by atoms with Crippen molar-refractivity contribution < 1.29 is 9.00 Å². The van der Waals surface area contributed by atoms with Gasteiger partial charge in [-0.05, 0) is 19.8 Å². The predicted octanol–water partition coefficient (Wildman–Crippen LogP) is -0.639. The molecule has 1 saturated heterocycles. The highest BCUT2D eigenvalue weighted by Crippen LogP contribution is 2.09. The van der Waals surface area contributed by atoms with Crippen LogP contribution < -0.4 is 11.1 Å². The minimum absolute atomic E-state index is 0.281. The van der Waals surface area contributed by atoms with Gasteiger partial charge in [0.25, 0.3) is 0 Å². The summed E-state index contributed by atoms with van der Waals surface area (Å²) in [4.78, 5) is 10.7. The van der Waals surface area contributed by atoms with E-state index in [9.17, 15) is 9.00 Å². The summed E-state index contributed by atoms with van der Waals surface area (Å²) in [7, 11) is -0.643. The highest BCUT2D eigenvalue weighted by molar-refractivity contribution is 7.85. The Morgan fingerprint density at radius 3 is 2.54 bits per heavy atom. The molecule has 1 rings (SSSR count). The third kappa shape index (κ3) is 3.44. The maximum Gasteiger partial charge on any atom is 0.234 e. The maximum absolute atomic E-state index is 11.0. The number of amides is 1. The molecule has 0 spiro atoms. The van der Waals surface area contributed by atoms with Crippen LogP contribution in [0.2, 0.25) is 0 Å². The first-order valence-corrected chi connectivity index (χ1v) is 5.98. The first kappa shape index (κ1) is 10.7. The van der Waals surface area contributed by atoms with Crippen LogP contribution in [0.4, 0.5) is 0 Å². The van der Waals surface area contributed by atoms with E-state index in [2.05, 4.69) is 5.32 Å². The van der Waals surface area contributed by atoms with E-state index in [1.165, 1.54) is 0 Å². The maximum atomic E-state index is 11.0. The molecule has 0 aromatic carbocycles. The van der Waals surface area contributed by atoms with E-state index in [1.807, 2.05) is 0 Å². The normalized spacial score (nSPS) is 31.2. The standard InChI is InChI=1S/C8H16N2O2S/c1-6(8(9)11)10-7-2-4-13(12)5-3-7/h6-7,10H,2-5H2,1H3,(H2,9,11). The van der Waals surface area contributed by atoms with E-state index >= 15 is 0 Å². The third-order valence-corrected chi connectivity index (χ3v) is 3.68. The lowest BCUT2D eigenvalue weighted by atomic mass is 10.1. The van der Waals surface area contributed by atoms with Crippen LogP contribution in [0, 0.1) is 0 Å². The van der Waals surface area contributed by atoms with Crippen molar-refractivity contribution in [1.82, 2.24) is 5.32 Å². The van der Waals surface area contributed by atoms with Gasteiger partial charge in [-0.1, -0.05) is 0 Å². The van der Waals surface area contributed by atoms with Crippen molar-refractivity contribution >= 4 is 16.7 Å². The van der Waals surface area contributed by atoms with Crippen molar-refractivity contribution in [2.24, 2.45) is 5.73 Å². The second kappa shape index (κ2) is 4.72. The second-order valence-corrected chi connectivity index (χ2v) is 5.11. The van der Waals surface area contributed by atoms with E-state index < -0.39 is 10.8 Å². The van der Waals surface area contributed by atoms with Crippen LogP contribution in [0.5, 0.6) is 0 Å². The van der Waals surface area contributed by atoms with Crippen molar-refractivity contribution in [3.63, 3.8) is 0 Å². The molecule has 1 unspecified atom stereocenters. The summed E-state index contributed by atoms with van der Waals surface area (Å²) in [5.74, 6) is 1.15. The van der Waals surface area contributed by atoms with Gasteiger partial charge in [-0.15, -0.1) is 0 Å². The Labute approximate surface area is 80.7 Å². The molecule has 0 aromatic heterocycles. The first-order chi connectivity index (χ1) is 6.09. The van der Waals surface area contributed by atoms with E-state index in [0.717, 1.165) is 24.3 Å². The predicted molar refractivity (Wildman–Crippen MR) is 52.7 cm³/mol. The average molecular weight is 204 g/mol. The molecular weight excluding hydrogens is 188 g/mol. The molecule has 0 radical (unpaired) electrons. The Bertz CT molecular complexity index is 210. The molecule has 13 heavy (non-hydrogen) atoms. The fraction of sp³-hybridized carbons (Fsp3) is 0.875. The fourth-order valence-electron chi connectivity index (χ4n) is 1.40. The van der Waals surface area contributed by atoms with Crippen molar-refractivity contribution in [2.45, 2.75) is 31.8 Å². The Hall–Kier alpha value is -0.420. The van der Waals surface area contributed by atoms with Gasteiger partial charge in [0.05, 0.1) is 6.04 Å². The molecule has 1 heterocycles. The molecule has 1 amide bonds. The summed E-state index contributed by atoms with van der Waals surface area (Å²) in [6, 6.07) is 0.0248. The summed E-state index contributed by atoms with van der Waals surface area (Å²) in [5, 5.41) is 3.13. The number of hydrogen-bond acceptors (Lipinski definition) is 3. The second-order valence-electron chi connectivity index (χ2n) is 3.41. The van der Waals surface area contributed by atoms with Gasteiger partial charge in [0.2, 0.25) is 5.91 Å². The van der Waals surface area contributed by atoms with E-state index in [4.69, 9.17) is 5.73 Å². The van der Waals surface area contributed by atoms with Crippen LogP contribution in [-0.4, -0.2) is 33.7 Å². The minimum Gasteiger partial charge on any atom is -0.368 e. The van der Waals surface area contributed by atoms with Gasteiger partial charge in [0.1, 0.15) is 0 Å². The third-order valence-electron chi connectivity index (χ3n) is 2.30. The molecule has 1 aliphatic rings. The molecule has 1 aliphatic heterocycles. The van der Waals surface area contributed by atoms with E-state index in [-0.39, 0.29) is 11.9 Å².